The molecule has 2 heterocycles. The predicted molar refractivity (Wildman–Crippen MR) is 59.7 cm³/mol. The van der Waals surface area contributed by atoms with Crippen LogP contribution in [0.4, 0.5) is 5.82 Å². The van der Waals surface area contributed by atoms with Crippen molar-refractivity contribution in [1.82, 2.24) is 4.98 Å². The van der Waals surface area contributed by atoms with Crippen LogP contribution in [0.15, 0.2) is 35.1 Å². The Hall–Kier alpha value is -1.77. The third-order valence-electron chi connectivity index (χ3n) is 2.31. The summed E-state index contributed by atoms with van der Waals surface area (Å²) in [4.78, 5) is 4.25. The minimum absolute atomic E-state index is 0.675. The molecule has 0 radical (unpaired) electrons. The molecule has 0 amide bonds. The number of rotatable bonds is 3. The van der Waals surface area contributed by atoms with Crippen LogP contribution in [0.5, 0.6) is 0 Å². The molecule has 2 aromatic rings. The zero-order valence-corrected chi connectivity index (χ0v) is 8.95. The zero-order chi connectivity index (χ0) is 10.7. The van der Waals surface area contributed by atoms with Gasteiger partial charge in [0.1, 0.15) is 11.6 Å². The first-order valence-electron chi connectivity index (χ1n) is 4.95. The van der Waals surface area contributed by atoms with Gasteiger partial charge in [0, 0.05) is 6.20 Å². The Labute approximate surface area is 89.1 Å². The highest BCUT2D eigenvalue weighted by atomic mass is 16.3. The number of aromatic nitrogens is 1. The fourth-order valence-corrected chi connectivity index (χ4v) is 1.33. The van der Waals surface area contributed by atoms with Crippen molar-refractivity contribution in [2.75, 3.05) is 5.32 Å². The molecule has 78 valence electrons. The topological polar surface area (TPSA) is 38.1 Å². The Morgan fingerprint density at radius 2 is 2.13 bits per heavy atom. The van der Waals surface area contributed by atoms with Crippen LogP contribution < -0.4 is 5.32 Å². The summed E-state index contributed by atoms with van der Waals surface area (Å²) in [5.74, 6) is 1.83. The van der Waals surface area contributed by atoms with E-state index in [1.165, 1.54) is 0 Å². The fourth-order valence-electron chi connectivity index (χ4n) is 1.33. The first-order valence-corrected chi connectivity index (χ1v) is 4.95. The maximum absolute atomic E-state index is 5.32. The third-order valence-corrected chi connectivity index (χ3v) is 2.31. The molecule has 0 saturated heterocycles. The van der Waals surface area contributed by atoms with E-state index in [9.17, 15) is 0 Å². The molecule has 0 spiro atoms. The number of aryl methyl sites for hydroxylation is 2. The van der Waals surface area contributed by atoms with E-state index in [0.29, 0.717) is 6.54 Å². The SMILES string of the molecule is Cc1ccc(NCc2occc2C)nc1. The minimum atomic E-state index is 0.675. The van der Waals surface area contributed by atoms with E-state index in [1.807, 2.05) is 38.2 Å². The number of pyridine rings is 1. The van der Waals surface area contributed by atoms with E-state index < -0.39 is 0 Å². The smallest absolute Gasteiger partial charge is 0.126 e. The molecule has 0 atom stereocenters. The molecule has 0 fully saturated rings. The van der Waals surface area contributed by atoms with E-state index >= 15 is 0 Å². The lowest BCUT2D eigenvalue weighted by Gasteiger charge is -2.04. The van der Waals surface area contributed by atoms with Crippen molar-refractivity contribution >= 4 is 5.82 Å². The number of hydrogen-bond donors (Lipinski definition) is 1. The van der Waals surface area contributed by atoms with E-state index in [4.69, 9.17) is 4.42 Å². The van der Waals surface area contributed by atoms with Gasteiger partial charge in [-0.15, -0.1) is 0 Å². The summed E-state index contributed by atoms with van der Waals surface area (Å²) >= 11 is 0. The summed E-state index contributed by atoms with van der Waals surface area (Å²) in [5, 5.41) is 3.21. The highest BCUT2D eigenvalue weighted by Crippen LogP contribution is 2.11. The van der Waals surface area contributed by atoms with E-state index in [0.717, 1.165) is 22.7 Å². The van der Waals surface area contributed by atoms with Crippen LogP contribution in [0.3, 0.4) is 0 Å². The molecule has 0 aliphatic heterocycles. The second-order valence-corrected chi connectivity index (χ2v) is 3.60. The molecule has 2 aromatic heterocycles. The van der Waals surface area contributed by atoms with Gasteiger partial charge in [-0.1, -0.05) is 6.07 Å². The monoisotopic (exact) mass is 202 g/mol. The minimum Gasteiger partial charge on any atom is -0.467 e. The average Bonchev–Trinajstić information content (AvgIpc) is 2.63. The van der Waals surface area contributed by atoms with Crippen LogP contribution in [0.25, 0.3) is 0 Å². The first kappa shape index (κ1) is 9.77. The molecular formula is C12H14N2O. The lowest BCUT2D eigenvalue weighted by atomic mass is 10.3. The van der Waals surface area contributed by atoms with Crippen LogP contribution in [0.1, 0.15) is 16.9 Å². The molecule has 0 aromatic carbocycles. The summed E-state index contributed by atoms with van der Waals surface area (Å²) in [6, 6.07) is 5.96. The average molecular weight is 202 g/mol. The second-order valence-electron chi connectivity index (χ2n) is 3.60. The van der Waals surface area contributed by atoms with Crippen LogP contribution in [-0.4, -0.2) is 4.98 Å². The predicted octanol–water partition coefficient (Wildman–Crippen LogP) is 2.90. The maximum Gasteiger partial charge on any atom is 0.126 e. The molecule has 0 aliphatic rings. The second kappa shape index (κ2) is 4.17. The lowest BCUT2D eigenvalue weighted by Crippen LogP contribution is -2.01. The van der Waals surface area contributed by atoms with Crippen LogP contribution >= 0.6 is 0 Å². The highest BCUT2D eigenvalue weighted by molar-refractivity contribution is 5.36. The molecular weight excluding hydrogens is 188 g/mol. The van der Waals surface area contributed by atoms with Crippen molar-refractivity contribution in [1.29, 1.82) is 0 Å². The Morgan fingerprint density at radius 3 is 2.73 bits per heavy atom. The molecule has 1 N–H and O–H groups in total. The number of anilines is 1. The van der Waals surface area contributed by atoms with Gasteiger partial charge in [0.05, 0.1) is 12.8 Å². The molecule has 3 nitrogen and oxygen atoms in total. The Kier molecular flexibility index (Phi) is 2.72. The van der Waals surface area contributed by atoms with Crippen molar-refractivity contribution in [2.24, 2.45) is 0 Å². The van der Waals surface area contributed by atoms with Gasteiger partial charge in [-0.2, -0.15) is 0 Å². The van der Waals surface area contributed by atoms with Crippen LogP contribution in [0.2, 0.25) is 0 Å². The van der Waals surface area contributed by atoms with Crippen LogP contribution in [-0.2, 0) is 6.54 Å². The number of hydrogen-bond acceptors (Lipinski definition) is 3. The standard InChI is InChI=1S/C12H14N2O/c1-9-3-4-12(13-7-9)14-8-11-10(2)5-6-15-11/h3-7H,8H2,1-2H3,(H,13,14). The maximum atomic E-state index is 5.32. The summed E-state index contributed by atoms with van der Waals surface area (Å²) in [6.45, 7) is 4.73. The summed E-state index contributed by atoms with van der Waals surface area (Å²) in [5.41, 5.74) is 2.32. The number of furan rings is 1. The van der Waals surface area contributed by atoms with Gasteiger partial charge in [0.2, 0.25) is 0 Å². The molecule has 2 rings (SSSR count). The zero-order valence-electron chi connectivity index (χ0n) is 8.95. The summed E-state index contributed by atoms with van der Waals surface area (Å²) in [7, 11) is 0. The Balaban J connectivity index is 1.99. The lowest BCUT2D eigenvalue weighted by molar-refractivity contribution is 0.515. The van der Waals surface area contributed by atoms with E-state index in [-0.39, 0.29) is 0 Å². The molecule has 3 heteroatoms. The molecule has 0 bridgehead atoms. The van der Waals surface area contributed by atoms with E-state index in [1.54, 1.807) is 6.26 Å². The Morgan fingerprint density at radius 1 is 1.27 bits per heavy atom. The number of nitrogens with one attached hydrogen (secondary N) is 1. The van der Waals surface area contributed by atoms with E-state index in [2.05, 4.69) is 10.3 Å². The van der Waals surface area contributed by atoms with Crippen molar-refractivity contribution in [2.45, 2.75) is 20.4 Å². The third kappa shape index (κ3) is 2.37. The van der Waals surface area contributed by atoms with Crippen molar-refractivity contribution in [3.05, 3.63) is 47.5 Å². The number of nitrogens with zero attached hydrogens (tertiary/aromatic N) is 1. The van der Waals surface area contributed by atoms with Gasteiger partial charge in [-0.3, -0.25) is 0 Å². The van der Waals surface area contributed by atoms with Gasteiger partial charge < -0.3 is 9.73 Å². The van der Waals surface area contributed by atoms with Crippen molar-refractivity contribution < 1.29 is 4.42 Å². The van der Waals surface area contributed by atoms with Gasteiger partial charge in [-0.25, -0.2) is 4.98 Å². The quantitative estimate of drug-likeness (QED) is 0.831. The Bertz CT molecular complexity index is 431. The summed E-state index contributed by atoms with van der Waals surface area (Å²) in [6.07, 6.45) is 3.55. The largest absolute Gasteiger partial charge is 0.467 e. The van der Waals surface area contributed by atoms with Gasteiger partial charge in [0.25, 0.3) is 0 Å². The van der Waals surface area contributed by atoms with Crippen LogP contribution in [0, 0.1) is 13.8 Å². The normalized spacial score (nSPS) is 10.3. The van der Waals surface area contributed by atoms with Gasteiger partial charge in [-0.05, 0) is 37.1 Å². The molecule has 15 heavy (non-hydrogen) atoms. The first-order chi connectivity index (χ1) is 7.25. The highest BCUT2D eigenvalue weighted by Gasteiger charge is 2.01. The molecule has 0 aliphatic carbocycles. The van der Waals surface area contributed by atoms with Crippen molar-refractivity contribution in [3.63, 3.8) is 0 Å². The molecule has 0 unspecified atom stereocenters. The van der Waals surface area contributed by atoms with Gasteiger partial charge in [0.15, 0.2) is 0 Å². The fraction of sp³-hybridized carbons (Fsp3) is 0.250. The van der Waals surface area contributed by atoms with Gasteiger partial charge >= 0.3 is 0 Å². The van der Waals surface area contributed by atoms with Crippen molar-refractivity contribution in [3.8, 4) is 0 Å². The molecule has 0 saturated carbocycles. The summed E-state index contributed by atoms with van der Waals surface area (Å²) < 4.78 is 5.32.